The summed E-state index contributed by atoms with van der Waals surface area (Å²) in [5.41, 5.74) is 5.67. The Morgan fingerprint density at radius 1 is 1.31 bits per heavy atom. The van der Waals surface area contributed by atoms with Crippen LogP contribution in [-0.2, 0) is 16.1 Å². The average molecular weight is 395 g/mol. The second kappa shape index (κ2) is 7.01. The SMILES string of the molecule is N#CCC1(N2NC(Nc3ccc4c(c3)COC4=O)C3C(=O)NCCC32)CCCC1. The summed E-state index contributed by atoms with van der Waals surface area (Å²) in [6.07, 6.45) is 5.23. The van der Waals surface area contributed by atoms with Gasteiger partial charge in [-0.25, -0.2) is 15.2 Å². The lowest BCUT2D eigenvalue weighted by Gasteiger charge is -2.42. The van der Waals surface area contributed by atoms with E-state index in [1.54, 1.807) is 6.07 Å². The number of amides is 1. The number of carbonyl (C=O) groups excluding carboxylic acids is 2. The quantitative estimate of drug-likeness (QED) is 0.666. The summed E-state index contributed by atoms with van der Waals surface area (Å²) in [6.45, 7) is 0.942. The molecule has 152 valence electrons. The number of hydrogen-bond donors (Lipinski definition) is 3. The highest BCUT2D eigenvalue weighted by atomic mass is 16.5. The number of benzene rings is 1. The molecule has 8 nitrogen and oxygen atoms in total. The minimum Gasteiger partial charge on any atom is -0.457 e. The molecule has 1 amide bonds. The second-order valence-corrected chi connectivity index (χ2v) is 8.51. The molecule has 0 radical (unpaired) electrons. The number of fused-ring (bicyclic) bond motifs is 2. The van der Waals surface area contributed by atoms with Crippen LogP contribution in [0, 0.1) is 17.2 Å². The van der Waals surface area contributed by atoms with Crippen LogP contribution in [-0.4, -0.2) is 41.2 Å². The van der Waals surface area contributed by atoms with Crippen LogP contribution in [0.3, 0.4) is 0 Å². The first-order valence-corrected chi connectivity index (χ1v) is 10.4. The minimum absolute atomic E-state index is 0.0403. The molecule has 1 aromatic carbocycles. The largest absolute Gasteiger partial charge is 0.457 e. The molecular weight excluding hydrogens is 370 g/mol. The van der Waals surface area contributed by atoms with E-state index < -0.39 is 0 Å². The fourth-order valence-electron chi connectivity index (χ4n) is 5.50. The van der Waals surface area contributed by atoms with Gasteiger partial charge in [0.25, 0.3) is 0 Å². The zero-order valence-electron chi connectivity index (χ0n) is 16.2. The number of nitrogens with zero attached hydrogens (tertiary/aromatic N) is 2. The molecular formula is C21H25N5O3. The number of nitriles is 1. The standard InChI is InChI=1S/C21H25N5O3/c22-9-8-21(6-1-2-7-21)26-16-5-10-23-19(27)17(16)18(25-26)24-14-3-4-15-13(11-14)12-29-20(15)28/h3-4,11,16-18,24-25H,1-2,5-8,10,12H2,(H,23,27). The van der Waals surface area contributed by atoms with Crippen LogP contribution in [0.2, 0.25) is 0 Å². The van der Waals surface area contributed by atoms with Gasteiger partial charge in [0.1, 0.15) is 12.8 Å². The topological polar surface area (TPSA) is 106 Å². The number of hydrazine groups is 1. The van der Waals surface area contributed by atoms with Crippen LogP contribution >= 0.6 is 0 Å². The van der Waals surface area contributed by atoms with Crippen molar-refractivity contribution in [3.63, 3.8) is 0 Å². The molecule has 3 fully saturated rings. The van der Waals surface area contributed by atoms with E-state index in [1.165, 1.54) is 0 Å². The summed E-state index contributed by atoms with van der Waals surface area (Å²) >= 11 is 0. The Kier molecular flexibility index (Phi) is 4.45. The van der Waals surface area contributed by atoms with Crippen molar-refractivity contribution in [1.29, 1.82) is 5.26 Å². The van der Waals surface area contributed by atoms with Crippen molar-refractivity contribution in [2.45, 2.75) is 62.9 Å². The molecule has 2 saturated heterocycles. The molecule has 1 aromatic rings. The zero-order valence-corrected chi connectivity index (χ0v) is 16.2. The number of esters is 1. The maximum Gasteiger partial charge on any atom is 0.338 e. The first-order valence-electron chi connectivity index (χ1n) is 10.4. The average Bonchev–Trinajstić information content (AvgIpc) is 3.42. The fourth-order valence-corrected chi connectivity index (χ4v) is 5.50. The summed E-state index contributed by atoms with van der Waals surface area (Å²) in [5, 5.41) is 18.2. The third-order valence-corrected chi connectivity index (χ3v) is 6.89. The van der Waals surface area contributed by atoms with Gasteiger partial charge >= 0.3 is 5.97 Å². The van der Waals surface area contributed by atoms with E-state index >= 15 is 0 Å². The van der Waals surface area contributed by atoms with Crippen molar-refractivity contribution in [3.05, 3.63) is 29.3 Å². The highest BCUT2D eigenvalue weighted by Gasteiger charge is 2.54. The van der Waals surface area contributed by atoms with E-state index in [2.05, 4.69) is 27.1 Å². The number of anilines is 1. The first kappa shape index (κ1) is 18.4. The van der Waals surface area contributed by atoms with Crippen LogP contribution in [0.25, 0.3) is 0 Å². The highest BCUT2D eigenvalue weighted by Crippen LogP contribution is 2.43. The Labute approximate surface area is 169 Å². The molecule has 8 heteroatoms. The predicted octanol–water partition coefficient (Wildman–Crippen LogP) is 1.65. The van der Waals surface area contributed by atoms with Crippen molar-refractivity contribution >= 4 is 17.6 Å². The van der Waals surface area contributed by atoms with Crippen molar-refractivity contribution in [2.75, 3.05) is 11.9 Å². The molecule has 4 aliphatic rings. The Morgan fingerprint density at radius 3 is 2.93 bits per heavy atom. The van der Waals surface area contributed by atoms with E-state index in [4.69, 9.17) is 4.74 Å². The van der Waals surface area contributed by atoms with Gasteiger partial charge in [-0.1, -0.05) is 12.8 Å². The molecule has 3 heterocycles. The number of piperidine rings is 1. The molecule has 0 spiro atoms. The van der Waals surface area contributed by atoms with Gasteiger partial charge in [0.2, 0.25) is 5.91 Å². The number of carbonyl (C=O) groups is 2. The Balaban J connectivity index is 1.43. The highest BCUT2D eigenvalue weighted by molar-refractivity contribution is 5.93. The van der Waals surface area contributed by atoms with E-state index in [0.29, 0.717) is 18.5 Å². The van der Waals surface area contributed by atoms with Crippen molar-refractivity contribution < 1.29 is 14.3 Å². The number of ether oxygens (including phenoxy) is 1. The second-order valence-electron chi connectivity index (χ2n) is 8.51. The van der Waals surface area contributed by atoms with Crippen molar-refractivity contribution in [2.24, 2.45) is 5.92 Å². The first-order chi connectivity index (χ1) is 14.1. The number of hydrogen-bond acceptors (Lipinski definition) is 7. The lowest BCUT2D eigenvalue weighted by molar-refractivity contribution is -0.128. The Morgan fingerprint density at radius 2 is 2.14 bits per heavy atom. The third-order valence-electron chi connectivity index (χ3n) is 6.89. The molecule has 1 aliphatic carbocycles. The van der Waals surface area contributed by atoms with Crippen LogP contribution in [0.1, 0.15) is 54.4 Å². The van der Waals surface area contributed by atoms with E-state index in [9.17, 15) is 14.9 Å². The van der Waals surface area contributed by atoms with Crippen LogP contribution in [0.5, 0.6) is 0 Å². The van der Waals surface area contributed by atoms with Crippen LogP contribution in [0.15, 0.2) is 18.2 Å². The predicted molar refractivity (Wildman–Crippen MR) is 104 cm³/mol. The summed E-state index contributed by atoms with van der Waals surface area (Å²) in [4.78, 5) is 24.5. The molecule has 1 saturated carbocycles. The molecule has 3 unspecified atom stereocenters. The summed E-state index contributed by atoms with van der Waals surface area (Å²) < 4.78 is 5.09. The van der Waals surface area contributed by atoms with Gasteiger partial charge in [-0.15, -0.1) is 0 Å². The lowest BCUT2D eigenvalue weighted by Crippen LogP contribution is -2.57. The van der Waals surface area contributed by atoms with Gasteiger partial charge in [0.15, 0.2) is 0 Å². The molecule has 0 bridgehead atoms. The van der Waals surface area contributed by atoms with Gasteiger partial charge < -0.3 is 15.4 Å². The molecule has 29 heavy (non-hydrogen) atoms. The van der Waals surface area contributed by atoms with Crippen LogP contribution < -0.4 is 16.1 Å². The maximum absolute atomic E-state index is 12.8. The summed E-state index contributed by atoms with van der Waals surface area (Å²) in [7, 11) is 0. The molecule has 0 aromatic heterocycles. The smallest absolute Gasteiger partial charge is 0.338 e. The zero-order chi connectivity index (χ0) is 20.0. The van der Waals surface area contributed by atoms with E-state index in [-0.39, 0.29) is 42.1 Å². The number of nitrogens with one attached hydrogen (secondary N) is 3. The Hall–Kier alpha value is -2.63. The molecule has 3 aliphatic heterocycles. The number of cyclic esters (lactones) is 1. The van der Waals surface area contributed by atoms with Crippen molar-refractivity contribution in [1.82, 2.24) is 15.8 Å². The van der Waals surface area contributed by atoms with Crippen molar-refractivity contribution in [3.8, 4) is 6.07 Å². The van der Waals surface area contributed by atoms with E-state index in [1.807, 2.05) is 12.1 Å². The Bertz CT molecular complexity index is 889. The van der Waals surface area contributed by atoms with Gasteiger partial charge in [-0.2, -0.15) is 5.26 Å². The van der Waals surface area contributed by atoms with Gasteiger partial charge in [-0.3, -0.25) is 4.79 Å². The summed E-state index contributed by atoms with van der Waals surface area (Å²) in [5.74, 6) is -0.493. The normalized spacial score (nSPS) is 30.2. The van der Waals surface area contributed by atoms with Gasteiger partial charge in [0, 0.05) is 29.4 Å². The third kappa shape index (κ3) is 2.96. The molecule has 5 rings (SSSR count). The van der Waals surface area contributed by atoms with Gasteiger partial charge in [-0.05, 0) is 37.5 Å². The van der Waals surface area contributed by atoms with Gasteiger partial charge in [0.05, 0.1) is 24.0 Å². The fraction of sp³-hybridized carbons (Fsp3) is 0.571. The van der Waals surface area contributed by atoms with E-state index in [0.717, 1.165) is 43.4 Å². The van der Waals surface area contributed by atoms with Crippen LogP contribution in [0.4, 0.5) is 5.69 Å². The number of rotatable bonds is 4. The molecule has 3 atom stereocenters. The lowest BCUT2D eigenvalue weighted by atomic mass is 9.86. The minimum atomic E-state index is -0.289. The summed E-state index contributed by atoms with van der Waals surface area (Å²) in [6, 6.07) is 7.99. The maximum atomic E-state index is 12.8. The molecule has 3 N–H and O–H groups in total. The monoisotopic (exact) mass is 395 g/mol.